The Bertz CT molecular complexity index is 1190. The highest BCUT2D eigenvalue weighted by molar-refractivity contribution is 5.99. The maximum atomic E-state index is 13.6. The molecule has 0 bridgehead atoms. The molecule has 3 rings (SSSR count). The second-order valence-electron chi connectivity index (χ2n) is 12.0. The average molecular weight is 564 g/mol. The minimum Gasteiger partial charge on any atom is -0.489 e. The Morgan fingerprint density at radius 2 is 1.90 bits per heavy atom. The van der Waals surface area contributed by atoms with E-state index in [4.69, 9.17) is 4.74 Å². The zero-order chi connectivity index (χ0) is 30.0. The molecule has 41 heavy (non-hydrogen) atoms. The molecule has 2 aromatic carbocycles. The van der Waals surface area contributed by atoms with E-state index < -0.39 is 24.0 Å². The predicted molar refractivity (Wildman–Crippen MR) is 162 cm³/mol. The number of aliphatic hydroxyl groups is 1. The maximum absolute atomic E-state index is 13.6. The van der Waals surface area contributed by atoms with E-state index in [0.29, 0.717) is 42.9 Å². The molecule has 0 spiro atoms. The SMILES string of the molecule is C=CCOc1cc(C(=O)NC(Cc2ccccc2)C(O)CC(C)C(=O)NCCC(C)(C)C)cc(N2CCCC2=O)c1. The van der Waals surface area contributed by atoms with Gasteiger partial charge in [-0.3, -0.25) is 14.4 Å². The van der Waals surface area contributed by atoms with Crippen molar-refractivity contribution in [3.8, 4) is 5.75 Å². The molecule has 3 amide bonds. The summed E-state index contributed by atoms with van der Waals surface area (Å²) in [5.74, 6) is -0.504. The van der Waals surface area contributed by atoms with Crippen LogP contribution in [0.2, 0.25) is 0 Å². The number of benzene rings is 2. The number of rotatable bonds is 14. The lowest BCUT2D eigenvalue weighted by atomic mass is 9.91. The zero-order valence-corrected chi connectivity index (χ0v) is 24.8. The fraction of sp³-hybridized carbons (Fsp3) is 0.485. The molecule has 0 aliphatic carbocycles. The van der Waals surface area contributed by atoms with Gasteiger partial charge in [-0.2, -0.15) is 0 Å². The number of anilines is 1. The number of amides is 3. The van der Waals surface area contributed by atoms with Crippen molar-refractivity contribution in [1.29, 1.82) is 0 Å². The molecule has 1 aliphatic rings. The van der Waals surface area contributed by atoms with E-state index in [1.165, 1.54) is 0 Å². The van der Waals surface area contributed by atoms with Crippen molar-refractivity contribution in [3.05, 3.63) is 72.3 Å². The number of hydrogen-bond acceptors (Lipinski definition) is 5. The van der Waals surface area contributed by atoms with Gasteiger partial charge < -0.3 is 25.4 Å². The monoisotopic (exact) mass is 563 g/mol. The zero-order valence-electron chi connectivity index (χ0n) is 24.8. The van der Waals surface area contributed by atoms with Crippen molar-refractivity contribution in [1.82, 2.24) is 10.6 Å². The summed E-state index contributed by atoms with van der Waals surface area (Å²) in [5.41, 5.74) is 1.97. The first-order valence-electron chi connectivity index (χ1n) is 14.5. The summed E-state index contributed by atoms with van der Waals surface area (Å²) >= 11 is 0. The molecule has 3 atom stereocenters. The molecule has 222 valence electrons. The lowest BCUT2D eigenvalue weighted by Crippen LogP contribution is -2.46. The van der Waals surface area contributed by atoms with Crippen LogP contribution in [0.1, 0.15) is 69.3 Å². The van der Waals surface area contributed by atoms with E-state index >= 15 is 0 Å². The molecular formula is C33H45N3O5. The van der Waals surface area contributed by atoms with Crippen LogP contribution in [0, 0.1) is 11.3 Å². The van der Waals surface area contributed by atoms with Crippen molar-refractivity contribution in [2.24, 2.45) is 11.3 Å². The Labute approximate surface area is 244 Å². The van der Waals surface area contributed by atoms with Crippen LogP contribution in [0.25, 0.3) is 0 Å². The standard InChI is InChI=1S/C33H45N3O5/c1-6-17-41-27-21-25(20-26(22-27)36-16-10-13-30(36)38)32(40)35-28(19-24-11-8-7-9-12-24)29(37)18-23(2)31(39)34-15-14-33(3,4)5/h6-9,11-12,20-23,28-29,37H,1,10,13-19H2,2-5H3,(H,34,39)(H,35,40). The minimum atomic E-state index is -0.970. The predicted octanol–water partition coefficient (Wildman–Crippen LogP) is 4.66. The van der Waals surface area contributed by atoms with E-state index in [1.807, 2.05) is 30.3 Å². The first kappa shape index (κ1) is 31.9. The Balaban J connectivity index is 1.78. The van der Waals surface area contributed by atoms with Gasteiger partial charge in [-0.1, -0.05) is 70.7 Å². The lowest BCUT2D eigenvalue weighted by molar-refractivity contribution is -0.125. The summed E-state index contributed by atoms with van der Waals surface area (Å²) in [6.07, 6.45) is 3.28. The Morgan fingerprint density at radius 1 is 1.17 bits per heavy atom. The Hall–Kier alpha value is -3.65. The van der Waals surface area contributed by atoms with Gasteiger partial charge in [-0.05, 0) is 48.8 Å². The van der Waals surface area contributed by atoms with Gasteiger partial charge in [-0.15, -0.1) is 0 Å². The first-order valence-corrected chi connectivity index (χ1v) is 14.5. The van der Waals surface area contributed by atoms with E-state index in [1.54, 1.807) is 36.1 Å². The number of carbonyl (C=O) groups excluding carboxylic acids is 3. The molecule has 0 saturated carbocycles. The molecule has 1 heterocycles. The van der Waals surface area contributed by atoms with Gasteiger partial charge in [0.15, 0.2) is 0 Å². The molecule has 2 aromatic rings. The average Bonchev–Trinajstić information content (AvgIpc) is 3.36. The summed E-state index contributed by atoms with van der Waals surface area (Å²) in [5, 5.41) is 17.3. The fourth-order valence-corrected chi connectivity index (χ4v) is 4.80. The van der Waals surface area contributed by atoms with Crippen LogP contribution in [0.3, 0.4) is 0 Å². The fourth-order valence-electron chi connectivity index (χ4n) is 4.80. The number of aliphatic hydroxyl groups excluding tert-OH is 1. The van der Waals surface area contributed by atoms with Gasteiger partial charge in [0.05, 0.1) is 12.1 Å². The topological polar surface area (TPSA) is 108 Å². The third-order valence-electron chi connectivity index (χ3n) is 7.20. The third kappa shape index (κ3) is 10.0. The molecule has 3 unspecified atom stereocenters. The van der Waals surface area contributed by atoms with E-state index in [2.05, 4.69) is 38.0 Å². The lowest BCUT2D eigenvalue weighted by Gasteiger charge is -2.27. The Morgan fingerprint density at radius 3 is 2.54 bits per heavy atom. The molecule has 1 fully saturated rings. The highest BCUT2D eigenvalue weighted by atomic mass is 16.5. The van der Waals surface area contributed by atoms with E-state index in [9.17, 15) is 19.5 Å². The Kier molecular flexibility index (Phi) is 11.5. The van der Waals surface area contributed by atoms with E-state index in [0.717, 1.165) is 18.4 Å². The van der Waals surface area contributed by atoms with Gasteiger partial charge in [-0.25, -0.2) is 0 Å². The van der Waals surface area contributed by atoms with Crippen molar-refractivity contribution in [3.63, 3.8) is 0 Å². The number of carbonyl (C=O) groups is 3. The van der Waals surface area contributed by atoms with Crippen molar-refractivity contribution < 1.29 is 24.2 Å². The van der Waals surface area contributed by atoms with Gasteiger partial charge >= 0.3 is 0 Å². The van der Waals surface area contributed by atoms with Crippen LogP contribution in [0.5, 0.6) is 5.75 Å². The molecule has 1 saturated heterocycles. The molecule has 8 nitrogen and oxygen atoms in total. The van der Waals surface area contributed by atoms with Gasteiger partial charge in [0.1, 0.15) is 12.4 Å². The number of hydrogen-bond donors (Lipinski definition) is 3. The normalized spacial score (nSPS) is 15.6. The summed E-state index contributed by atoms with van der Waals surface area (Å²) in [7, 11) is 0. The smallest absolute Gasteiger partial charge is 0.251 e. The van der Waals surface area contributed by atoms with Crippen LogP contribution in [0.15, 0.2) is 61.2 Å². The molecule has 3 N–H and O–H groups in total. The van der Waals surface area contributed by atoms with Gasteiger partial charge in [0, 0.05) is 42.7 Å². The summed E-state index contributed by atoms with van der Waals surface area (Å²) in [4.78, 5) is 40.4. The molecule has 1 aliphatic heterocycles. The van der Waals surface area contributed by atoms with Gasteiger partial charge in [0.25, 0.3) is 5.91 Å². The second kappa shape index (κ2) is 14.8. The van der Waals surface area contributed by atoms with Gasteiger partial charge in [0.2, 0.25) is 11.8 Å². The molecule has 8 heteroatoms. The molecule has 0 aromatic heterocycles. The number of nitrogens with one attached hydrogen (secondary N) is 2. The van der Waals surface area contributed by atoms with Crippen LogP contribution in [0.4, 0.5) is 5.69 Å². The first-order chi connectivity index (χ1) is 19.5. The third-order valence-corrected chi connectivity index (χ3v) is 7.20. The largest absolute Gasteiger partial charge is 0.489 e. The highest BCUT2D eigenvalue weighted by Crippen LogP contribution is 2.28. The van der Waals surface area contributed by atoms with Crippen LogP contribution >= 0.6 is 0 Å². The van der Waals surface area contributed by atoms with Crippen LogP contribution in [-0.4, -0.2) is 54.7 Å². The maximum Gasteiger partial charge on any atom is 0.251 e. The van der Waals surface area contributed by atoms with E-state index in [-0.39, 0.29) is 30.3 Å². The molecule has 0 radical (unpaired) electrons. The van der Waals surface area contributed by atoms with Crippen molar-refractivity contribution in [2.45, 2.75) is 71.9 Å². The minimum absolute atomic E-state index is 0.00405. The number of ether oxygens (including phenoxy) is 1. The van der Waals surface area contributed by atoms with Crippen molar-refractivity contribution >= 4 is 23.4 Å². The second-order valence-corrected chi connectivity index (χ2v) is 12.0. The quantitative estimate of drug-likeness (QED) is 0.290. The molecular weight excluding hydrogens is 518 g/mol. The summed E-state index contributed by atoms with van der Waals surface area (Å²) < 4.78 is 5.73. The highest BCUT2D eigenvalue weighted by Gasteiger charge is 2.28. The summed E-state index contributed by atoms with van der Waals surface area (Å²) in [6.45, 7) is 13.2. The number of nitrogens with zero attached hydrogens (tertiary/aromatic N) is 1. The van der Waals surface area contributed by atoms with Crippen molar-refractivity contribution in [2.75, 3.05) is 24.6 Å². The van der Waals surface area contributed by atoms with Crippen LogP contribution < -0.4 is 20.3 Å². The summed E-state index contributed by atoms with van der Waals surface area (Å²) in [6, 6.07) is 14.0. The van der Waals surface area contributed by atoms with Crippen LogP contribution in [-0.2, 0) is 16.0 Å².